The topological polar surface area (TPSA) is 59.2 Å². The second kappa shape index (κ2) is 5.84. The number of aromatic nitrogens is 1. The summed E-state index contributed by atoms with van der Waals surface area (Å²) in [5.74, 6) is 0.639. The van der Waals surface area contributed by atoms with E-state index < -0.39 is 0 Å². The van der Waals surface area contributed by atoms with E-state index in [9.17, 15) is 4.79 Å². The zero-order valence-corrected chi connectivity index (χ0v) is 10.9. The molecule has 0 saturated carbocycles. The first-order valence-corrected chi connectivity index (χ1v) is 6.34. The third kappa shape index (κ3) is 3.81. The quantitative estimate of drug-likeness (QED) is 0.854. The van der Waals surface area contributed by atoms with Crippen molar-refractivity contribution >= 4 is 22.4 Å². The van der Waals surface area contributed by atoms with Gasteiger partial charge in [0.25, 0.3) is 0 Å². The smallest absolute Gasteiger partial charge is 0.228 e. The average Bonchev–Trinajstić information content (AvgIpc) is 2.63. The molecule has 2 N–H and O–H groups in total. The summed E-state index contributed by atoms with van der Waals surface area (Å²) in [7, 11) is 1.84. The molecule has 1 unspecified atom stereocenters. The Kier molecular flexibility index (Phi) is 4.73. The van der Waals surface area contributed by atoms with Gasteiger partial charge in [-0.15, -0.1) is 11.3 Å². The number of carbonyl (C=O) groups excluding carboxylic acids is 1. The van der Waals surface area contributed by atoms with Crippen LogP contribution in [0.15, 0.2) is 5.38 Å². The Hall–Kier alpha value is -1.10. The number of rotatable bonds is 5. The van der Waals surface area contributed by atoms with E-state index >= 15 is 0 Å². The zero-order chi connectivity index (χ0) is 12.1. The van der Waals surface area contributed by atoms with Gasteiger partial charge in [0, 0.05) is 19.0 Å². The molecule has 1 heterocycles. The van der Waals surface area contributed by atoms with E-state index in [1.165, 1.54) is 11.3 Å². The number of nitrogens with two attached hydrogens (primary N) is 1. The van der Waals surface area contributed by atoms with Crippen LogP contribution in [0, 0.1) is 5.92 Å². The third-order valence-electron chi connectivity index (χ3n) is 2.61. The molecule has 1 aromatic heterocycles. The van der Waals surface area contributed by atoms with Gasteiger partial charge < -0.3 is 10.6 Å². The van der Waals surface area contributed by atoms with Gasteiger partial charge >= 0.3 is 0 Å². The van der Waals surface area contributed by atoms with Gasteiger partial charge in [0.2, 0.25) is 5.91 Å². The van der Waals surface area contributed by atoms with Crippen LogP contribution < -0.4 is 5.73 Å². The van der Waals surface area contributed by atoms with Gasteiger partial charge in [0.15, 0.2) is 5.13 Å². The molecule has 0 radical (unpaired) electrons. The fraction of sp³-hybridized carbons (Fsp3) is 0.636. The third-order valence-corrected chi connectivity index (χ3v) is 3.33. The molecule has 0 aromatic carbocycles. The molecule has 4 nitrogen and oxygen atoms in total. The maximum atomic E-state index is 11.8. The molecule has 90 valence electrons. The van der Waals surface area contributed by atoms with Crippen LogP contribution in [0.3, 0.4) is 0 Å². The van der Waals surface area contributed by atoms with Crippen LogP contribution in [0.5, 0.6) is 0 Å². The van der Waals surface area contributed by atoms with Gasteiger partial charge in [-0.25, -0.2) is 4.98 Å². The fourth-order valence-corrected chi connectivity index (χ4v) is 1.95. The van der Waals surface area contributed by atoms with E-state index in [-0.39, 0.29) is 5.91 Å². The molecule has 0 spiro atoms. The summed E-state index contributed by atoms with van der Waals surface area (Å²) >= 11 is 1.37. The Balaban J connectivity index is 2.45. The van der Waals surface area contributed by atoms with Crippen molar-refractivity contribution in [3.8, 4) is 0 Å². The van der Waals surface area contributed by atoms with Gasteiger partial charge in [-0.3, -0.25) is 4.79 Å². The summed E-state index contributed by atoms with van der Waals surface area (Å²) in [5.41, 5.74) is 6.28. The van der Waals surface area contributed by atoms with Crippen LogP contribution in [0.4, 0.5) is 5.13 Å². The lowest BCUT2D eigenvalue weighted by atomic mass is 10.1. The molecule has 1 rings (SSSR count). The van der Waals surface area contributed by atoms with Crippen molar-refractivity contribution in [3.63, 3.8) is 0 Å². The summed E-state index contributed by atoms with van der Waals surface area (Å²) in [5, 5.41) is 2.36. The highest BCUT2D eigenvalue weighted by atomic mass is 32.1. The van der Waals surface area contributed by atoms with Gasteiger partial charge in [-0.1, -0.05) is 20.3 Å². The van der Waals surface area contributed by atoms with Crippen molar-refractivity contribution in [1.82, 2.24) is 9.88 Å². The monoisotopic (exact) mass is 241 g/mol. The molecule has 16 heavy (non-hydrogen) atoms. The minimum atomic E-state index is 0.102. The molecule has 0 aliphatic carbocycles. The Morgan fingerprint density at radius 2 is 2.38 bits per heavy atom. The number of hydrogen-bond donors (Lipinski definition) is 1. The number of likely N-dealkylation sites (N-methyl/N-ethyl adjacent to an activating group) is 1. The predicted molar refractivity (Wildman–Crippen MR) is 67.3 cm³/mol. The Morgan fingerprint density at radius 3 is 2.88 bits per heavy atom. The standard InChI is InChI=1S/C11H19N3OS/c1-4-8(2)6-14(3)10(15)5-9-7-16-11(12)13-9/h7-8H,4-6H2,1-3H3,(H2,12,13). The number of nitrogens with zero attached hydrogens (tertiary/aromatic N) is 2. The van der Waals surface area contributed by atoms with Crippen LogP contribution >= 0.6 is 11.3 Å². The van der Waals surface area contributed by atoms with E-state index in [1.807, 2.05) is 12.4 Å². The van der Waals surface area contributed by atoms with Crippen molar-refractivity contribution in [2.45, 2.75) is 26.7 Å². The van der Waals surface area contributed by atoms with Crippen molar-refractivity contribution in [2.24, 2.45) is 5.92 Å². The molecule has 5 heteroatoms. The number of thiazole rings is 1. The first kappa shape index (κ1) is 13.0. The van der Waals surface area contributed by atoms with E-state index in [2.05, 4.69) is 18.8 Å². The van der Waals surface area contributed by atoms with Crippen LogP contribution in [-0.2, 0) is 11.2 Å². The van der Waals surface area contributed by atoms with Crippen LogP contribution in [0.25, 0.3) is 0 Å². The Labute approximate surface area is 100 Å². The summed E-state index contributed by atoms with van der Waals surface area (Å²) in [6.07, 6.45) is 1.43. The molecule has 1 amide bonds. The number of anilines is 1. The van der Waals surface area contributed by atoms with Crippen LogP contribution in [0.1, 0.15) is 26.0 Å². The SMILES string of the molecule is CCC(C)CN(C)C(=O)Cc1csc(N)n1. The number of carbonyl (C=O) groups is 1. The van der Waals surface area contributed by atoms with Crippen molar-refractivity contribution in [2.75, 3.05) is 19.3 Å². The first-order chi connectivity index (χ1) is 7.52. The molecule has 0 bridgehead atoms. The van der Waals surface area contributed by atoms with Gasteiger partial charge in [0.05, 0.1) is 12.1 Å². The normalized spacial score (nSPS) is 12.4. The lowest BCUT2D eigenvalue weighted by molar-refractivity contribution is -0.129. The minimum Gasteiger partial charge on any atom is -0.375 e. The van der Waals surface area contributed by atoms with Crippen molar-refractivity contribution in [1.29, 1.82) is 0 Å². The van der Waals surface area contributed by atoms with E-state index in [0.29, 0.717) is 17.5 Å². The molecule has 0 aliphatic rings. The van der Waals surface area contributed by atoms with E-state index in [1.54, 1.807) is 4.90 Å². The molecule has 0 saturated heterocycles. The highest BCUT2D eigenvalue weighted by Crippen LogP contribution is 2.12. The molecule has 0 aliphatic heterocycles. The Morgan fingerprint density at radius 1 is 1.69 bits per heavy atom. The fourth-order valence-electron chi connectivity index (χ4n) is 1.39. The van der Waals surface area contributed by atoms with Crippen molar-refractivity contribution in [3.05, 3.63) is 11.1 Å². The summed E-state index contributed by atoms with van der Waals surface area (Å²) in [6.45, 7) is 5.07. The van der Waals surface area contributed by atoms with Gasteiger partial charge in [0.1, 0.15) is 0 Å². The summed E-state index contributed by atoms with van der Waals surface area (Å²) < 4.78 is 0. The summed E-state index contributed by atoms with van der Waals surface area (Å²) in [4.78, 5) is 17.7. The molecule has 1 atom stereocenters. The molecule has 0 fully saturated rings. The molecular formula is C11H19N3OS. The lowest BCUT2D eigenvalue weighted by Crippen LogP contribution is -2.32. The van der Waals surface area contributed by atoms with Crippen LogP contribution in [0.2, 0.25) is 0 Å². The first-order valence-electron chi connectivity index (χ1n) is 5.46. The highest BCUT2D eigenvalue weighted by Gasteiger charge is 2.13. The predicted octanol–water partition coefficient (Wildman–Crippen LogP) is 1.77. The maximum Gasteiger partial charge on any atom is 0.228 e. The molecule has 1 aromatic rings. The second-order valence-corrected chi connectivity index (χ2v) is 5.03. The maximum absolute atomic E-state index is 11.8. The van der Waals surface area contributed by atoms with Crippen LogP contribution in [-0.4, -0.2) is 29.4 Å². The molecular weight excluding hydrogens is 222 g/mol. The largest absolute Gasteiger partial charge is 0.375 e. The highest BCUT2D eigenvalue weighted by molar-refractivity contribution is 7.13. The average molecular weight is 241 g/mol. The minimum absolute atomic E-state index is 0.102. The van der Waals surface area contributed by atoms with E-state index in [0.717, 1.165) is 18.7 Å². The Bertz CT molecular complexity index is 351. The van der Waals surface area contributed by atoms with Crippen molar-refractivity contribution < 1.29 is 4.79 Å². The second-order valence-electron chi connectivity index (χ2n) is 4.14. The summed E-state index contributed by atoms with van der Waals surface area (Å²) in [6, 6.07) is 0. The lowest BCUT2D eigenvalue weighted by Gasteiger charge is -2.20. The van der Waals surface area contributed by atoms with Gasteiger partial charge in [-0.05, 0) is 5.92 Å². The van der Waals surface area contributed by atoms with Gasteiger partial charge in [-0.2, -0.15) is 0 Å². The number of hydrogen-bond acceptors (Lipinski definition) is 4. The van der Waals surface area contributed by atoms with E-state index in [4.69, 9.17) is 5.73 Å². The zero-order valence-electron chi connectivity index (χ0n) is 10.1. The number of nitrogen functional groups attached to an aromatic ring is 1. The number of amides is 1.